The number of carbonyl (C=O) groups is 3. The van der Waals surface area contributed by atoms with Gasteiger partial charge in [-0.25, -0.2) is 9.78 Å². The molecular weight excluding hydrogens is 684 g/mol. The predicted molar refractivity (Wildman–Crippen MR) is 173 cm³/mol. The molecule has 3 fully saturated rings. The Balaban J connectivity index is 1.16. The number of nitrogens with zero attached hydrogens (tertiary/aromatic N) is 3. The van der Waals surface area contributed by atoms with Crippen molar-refractivity contribution in [2.45, 2.75) is 87.7 Å². The zero-order chi connectivity index (χ0) is 35.5. The monoisotopic (exact) mass is 720 g/mol. The molecule has 2 amide bonds. The molecule has 4 heterocycles. The van der Waals surface area contributed by atoms with E-state index in [1.54, 1.807) is 12.1 Å². The molecule has 6 rings (SSSR count). The maximum Gasteiger partial charge on any atom is 0.418 e. The number of β-lactam (4-membered cyclic amide) rings is 1. The van der Waals surface area contributed by atoms with Gasteiger partial charge >= 0.3 is 16.4 Å². The van der Waals surface area contributed by atoms with Crippen LogP contribution in [-0.2, 0) is 40.3 Å². The van der Waals surface area contributed by atoms with Gasteiger partial charge in [-0.1, -0.05) is 5.16 Å². The number of oxime groups is 1. The van der Waals surface area contributed by atoms with Crippen LogP contribution in [0.15, 0.2) is 28.7 Å². The van der Waals surface area contributed by atoms with Crippen LogP contribution < -0.4 is 26.4 Å². The van der Waals surface area contributed by atoms with Gasteiger partial charge in [0.2, 0.25) is 0 Å². The first kappa shape index (κ1) is 34.5. The lowest BCUT2D eigenvalue weighted by Gasteiger charge is -2.55. The third-order valence-corrected chi connectivity index (χ3v) is 10.5. The second kappa shape index (κ2) is 12.2. The maximum atomic E-state index is 13.5. The van der Waals surface area contributed by atoms with Crippen molar-refractivity contribution < 1.29 is 46.3 Å². The minimum absolute atomic E-state index is 0.0612. The molecule has 18 nitrogen and oxygen atoms in total. The Labute approximate surface area is 284 Å². The summed E-state index contributed by atoms with van der Waals surface area (Å²) in [4.78, 5) is 48.3. The number of amides is 2. The molecule has 1 spiro atoms. The van der Waals surface area contributed by atoms with Crippen molar-refractivity contribution in [1.29, 1.82) is 5.41 Å². The number of hydroxylamine groups is 2. The van der Waals surface area contributed by atoms with Crippen molar-refractivity contribution in [2.24, 2.45) is 5.16 Å². The van der Waals surface area contributed by atoms with Crippen molar-refractivity contribution in [3.63, 3.8) is 0 Å². The second-order valence-electron chi connectivity index (χ2n) is 13.3. The number of anilines is 1. The number of aromatic nitrogens is 1. The van der Waals surface area contributed by atoms with E-state index in [2.05, 4.69) is 30.4 Å². The molecule has 0 unspecified atom stereocenters. The number of fused-ring (bicyclic) bond motifs is 1. The van der Waals surface area contributed by atoms with Gasteiger partial charge in [0.1, 0.15) is 23.3 Å². The zero-order valence-corrected chi connectivity index (χ0v) is 28.3. The van der Waals surface area contributed by atoms with Crippen LogP contribution >= 0.6 is 11.3 Å². The highest BCUT2D eigenvalue weighted by atomic mass is 32.3. The summed E-state index contributed by atoms with van der Waals surface area (Å²) in [6, 6.07) is 4.14. The standard InChI is InChI=1S/C29H36N8O10S2/c1-27(2)21(24(39)37(27)47-49(42,43)44)35-23(38)20(17-13-48-26(31)34-17)36-46-28(3,25(40)41)19-7-5-14-10-15(4-6-18(14)45-19)22(30)33-16-11-29(12-16)8-9-32-29/h4,6,10,13,16,19,21,32H,5,7-9,11-12H2,1-3H3,(H2,30,33)(H2,31,34)(H,35,38)(H,40,41)(H,42,43,44)/b36-20-/t16-,19-,21-,28+,29+/m1/s1. The van der Waals surface area contributed by atoms with Crippen molar-refractivity contribution in [2.75, 3.05) is 12.3 Å². The van der Waals surface area contributed by atoms with Crippen LogP contribution in [0.2, 0.25) is 0 Å². The van der Waals surface area contributed by atoms with Crippen LogP contribution in [0.4, 0.5) is 5.13 Å². The summed E-state index contributed by atoms with van der Waals surface area (Å²) in [5.41, 5.74) is 3.32. The SMILES string of the molecule is CC1(C)[C@H](NC(=O)/C(=N\O[C@](C)(C(=O)O)[C@H]2CCc3cc(C(=N)N[C@H]4C[C@]5(CCN5)C4)ccc3O2)c2csc(N)n2)C(=O)N1OS(=O)(=O)O. The number of rotatable bonds is 11. The molecule has 1 saturated carbocycles. The van der Waals surface area contributed by atoms with Crippen molar-refractivity contribution >= 4 is 56.2 Å². The lowest BCUT2D eigenvalue weighted by atomic mass is 9.66. The Kier molecular flexibility index (Phi) is 8.58. The quantitative estimate of drug-likeness (QED) is 0.0542. The summed E-state index contributed by atoms with van der Waals surface area (Å²) in [5.74, 6) is -2.72. The number of carbonyl (C=O) groups excluding carboxylic acids is 2. The lowest BCUT2D eigenvalue weighted by Crippen LogP contribution is -2.76. The number of carboxylic acid groups (broad SMARTS) is 1. The molecule has 1 aromatic carbocycles. The molecule has 2 aromatic rings. The average molecular weight is 721 g/mol. The molecule has 0 bridgehead atoms. The smallest absolute Gasteiger partial charge is 0.418 e. The van der Waals surface area contributed by atoms with Crippen LogP contribution in [0.3, 0.4) is 0 Å². The molecule has 0 radical (unpaired) electrons. The predicted octanol–water partition coefficient (Wildman–Crippen LogP) is 0.333. The Morgan fingerprint density at radius 3 is 2.59 bits per heavy atom. The van der Waals surface area contributed by atoms with Gasteiger partial charge in [0, 0.05) is 22.5 Å². The van der Waals surface area contributed by atoms with Crippen LogP contribution in [0.1, 0.15) is 63.3 Å². The molecule has 1 aromatic heterocycles. The van der Waals surface area contributed by atoms with Gasteiger partial charge < -0.3 is 36.4 Å². The van der Waals surface area contributed by atoms with Crippen molar-refractivity contribution in [3.05, 3.63) is 40.4 Å². The Bertz CT molecular complexity index is 1850. The minimum Gasteiger partial charge on any atom is -0.485 e. The molecule has 4 aliphatic rings. The van der Waals surface area contributed by atoms with Crippen LogP contribution in [0.25, 0.3) is 0 Å². The number of nitrogen functional groups attached to an aromatic ring is 1. The lowest BCUT2D eigenvalue weighted by molar-refractivity contribution is -0.218. The van der Waals surface area contributed by atoms with E-state index in [-0.39, 0.29) is 28.8 Å². The number of hydrogen-bond acceptors (Lipinski definition) is 14. The summed E-state index contributed by atoms with van der Waals surface area (Å²) in [7, 11) is -5.03. The fourth-order valence-corrected chi connectivity index (χ4v) is 7.43. The first-order valence-corrected chi connectivity index (χ1v) is 17.6. The van der Waals surface area contributed by atoms with Gasteiger partial charge in [-0.3, -0.25) is 19.6 Å². The van der Waals surface area contributed by atoms with E-state index in [0.717, 1.165) is 42.7 Å². The number of aliphatic carboxylic acids is 1. The number of nitrogens with two attached hydrogens (primary N) is 1. The maximum absolute atomic E-state index is 13.5. The first-order chi connectivity index (χ1) is 22.9. The molecular formula is C29H36N8O10S2. The van der Waals surface area contributed by atoms with Gasteiger partial charge in [0.25, 0.3) is 17.4 Å². The molecule has 3 atom stereocenters. The minimum atomic E-state index is -5.03. The van der Waals surface area contributed by atoms with Gasteiger partial charge in [0.05, 0.1) is 5.54 Å². The normalized spacial score (nSPS) is 26.9. The summed E-state index contributed by atoms with van der Waals surface area (Å²) < 4.78 is 41.7. The van der Waals surface area contributed by atoms with Gasteiger partial charge in [-0.15, -0.1) is 15.6 Å². The largest absolute Gasteiger partial charge is 0.485 e. The van der Waals surface area contributed by atoms with E-state index in [1.807, 2.05) is 6.07 Å². The van der Waals surface area contributed by atoms with E-state index in [0.29, 0.717) is 28.6 Å². The summed E-state index contributed by atoms with van der Waals surface area (Å²) in [6.45, 7) is 5.03. The molecule has 49 heavy (non-hydrogen) atoms. The highest BCUT2D eigenvalue weighted by Gasteiger charge is 2.58. The molecule has 264 valence electrons. The topological polar surface area (TPSA) is 268 Å². The molecule has 2 saturated heterocycles. The molecule has 3 aliphatic heterocycles. The number of thiazole rings is 1. The molecule has 8 N–H and O–H groups in total. The van der Waals surface area contributed by atoms with Gasteiger partial charge in [0.15, 0.2) is 16.9 Å². The van der Waals surface area contributed by atoms with Gasteiger partial charge in [-0.2, -0.15) is 13.5 Å². The molecule has 20 heteroatoms. The third kappa shape index (κ3) is 6.53. The fourth-order valence-electron chi connectivity index (χ4n) is 6.43. The summed E-state index contributed by atoms with van der Waals surface area (Å²) >= 11 is 0.967. The number of nitrogens with one attached hydrogen (secondary N) is 4. The second-order valence-corrected chi connectivity index (χ2v) is 15.2. The zero-order valence-electron chi connectivity index (χ0n) is 26.7. The number of benzene rings is 1. The van der Waals surface area contributed by atoms with Gasteiger partial charge in [-0.05, 0) is 83.2 Å². The highest BCUT2D eigenvalue weighted by Crippen LogP contribution is 2.40. The van der Waals surface area contributed by atoms with Crippen LogP contribution in [0, 0.1) is 5.41 Å². The average Bonchev–Trinajstić information content (AvgIpc) is 3.43. The third-order valence-electron chi connectivity index (χ3n) is 9.49. The van der Waals surface area contributed by atoms with Crippen LogP contribution in [0.5, 0.6) is 5.75 Å². The number of aryl methyl sites for hydroxylation is 1. The number of carboxylic acids is 1. The number of amidine groups is 1. The van der Waals surface area contributed by atoms with Crippen LogP contribution in [-0.4, -0.2) is 98.9 Å². The van der Waals surface area contributed by atoms with Crippen molar-refractivity contribution in [3.8, 4) is 5.75 Å². The van der Waals surface area contributed by atoms with E-state index in [9.17, 15) is 27.9 Å². The Hall–Kier alpha value is -4.37. The van der Waals surface area contributed by atoms with E-state index < -0.39 is 57.2 Å². The fraction of sp³-hybridized carbons (Fsp3) is 0.517. The summed E-state index contributed by atoms with van der Waals surface area (Å²) in [5, 5.41) is 33.7. The first-order valence-electron chi connectivity index (χ1n) is 15.3. The Morgan fingerprint density at radius 2 is 2.02 bits per heavy atom. The number of hydrogen-bond donors (Lipinski definition) is 7. The van der Waals surface area contributed by atoms with E-state index >= 15 is 0 Å². The van der Waals surface area contributed by atoms with Crippen molar-refractivity contribution in [1.82, 2.24) is 26.0 Å². The Morgan fingerprint density at radius 1 is 1.31 bits per heavy atom. The summed E-state index contributed by atoms with van der Waals surface area (Å²) in [6.07, 6.45) is 2.65. The molecule has 1 aliphatic carbocycles. The van der Waals surface area contributed by atoms with E-state index in [4.69, 9.17) is 25.3 Å². The van der Waals surface area contributed by atoms with E-state index in [1.165, 1.54) is 26.2 Å². The number of ether oxygens (including phenoxy) is 1. The highest BCUT2D eigenvalue weighted by molar-refractivity contribution is 7.80.